The molecule has 0 unspecified atom stereocenters. The van der Waals surface area contributed by atoms with E-state index in [0.717, 1.165) is 4.47 Å². The number of benzene rings is 1. The lowest BCUT2D eigenvalue weighted by Crippen LogP contribution is -2.10. The molecular formula is C20H27BrN2. The molecule has 1 aromatic carbocycles. The Hall–Kier alpha value is -0.960. The van der Waals surface area contributed by atoms with Crippen LogP contribution in [0.3, 0.4) is 0 Å². The van der Waals surface area contributed by atoms with E-state index in [9.17, 15) is 0 Å². The molecule has 1 aromatic rings. The lowest BCUT2D eigenvalue weighted by atomic mass is 9.96. The Kier molecular flexibility index (Phi) is 6.44. The van der Waals surface area contributed by atoms with E-state index in [1.807, 2.05) is 0 Å². The minimum Gasteiger partial charge on any atom is -0.289 e. The van der Waals surface area contributed by atoms with Gasteiger partial charge in [-0.25, -0.2) is 0 Å². The van der Waals surface area contributed by atoms with Crippen LogP contribution >= 0.6 is 15.9 Å². The largest absolute Gasteiger partial charge is 0.289 e. The molecule has 124 valence electrons. The Morgan fingerprint density at radius 2 is 1.17 bits per heavy atom. The molecule has 23 heavy (non-hydrogen) atoms. The van der Waals surface area contributed by atoms with Crippen LogP contribution in [0.25, 0.3) is 0 Å². The van der Waals surface area contributed by atoms with Crippen molar-refractivity contribution in [2.75, 3.05) is 0 Å². The quantitative estimate of drug-likeness (QED) is 0.581. The lowest BCUT2D eigenvalue weighted by Gasteiger charge is -2.17. The standard InChI is InChI=1S/C20H27BrN2/c21-20-16(14-22-18-10-3-1-4-11-18)8-7-9-17(20)15-23-19-12-5-2-6-13-19/h7-9,14-15,18-19H,1-6,10-13H2. The fraction of sp³-hybridized carbons (Fsp3) is 0.600. The molecule has 0 bridgehead atoms. The molecule has 0 saturated heterocycles. The molecule has 2 fully saturated rings. The molecule has 0 amide bonds. The second kappa shape index (κ2) is 8.77. The van der Waals surface area contributed by atoms with Gasteiger partial charge in [-0.15, -0.1) is 0 Å². The minimum absolute atomic E-state index is 0.523. The van der Waals surface area contributed by atoms with Gasteiger partial charge in [0, 0.05) is 40.1 Å². The van der Waals surface area contributed by atoms with Gasteiger partial charge in [0.25, 0.3) is 0 Å². The highest BCUT2D eigenvalue weighted by Crippen LogP contribution is 2.24. The van der Waals surface area contributed by atoms with E-state index in [4.69, 9.17) is 9.98 Å². The van der Waals surface area contributed by atoms with E-state index in [2.05, 4.69) is 46.6 Å². The topological polar surface area (TPSA) is 24.7 Å². The third-order valence-electron chi connectivity index (χ3n) is 5.06. The lowest BCUT2D eigenvalue weighted by molar-refractivity contribution is 0.444. The number of rotatable bonds is 4. The Morgan fingerprint density at radius 3 is 1.61 bits per heavy atom. The van der Waals surface area contributed by atoms with Crippen molar-refractivity contribution in [3.05, 3.63) is 33.8 Å². The first-order chi connectivity index (χ1) is 11.3. The minimum atomic E-state index is 0.523. The van der Waals surface area contributed by atoms with E-state index in [-0.39, 0.29) is 0 Å². The number of hydrogen-bond donors (Lipinski definition) is 0. The second-order valence-electron chi connectivity index (χ2n) is 6.89. The van der Waals surface area contributed by atoms with Crippen molar-refractivity contribution in [2.45, 2.75) is 76.3 Å². The van der Waals surface area contributed by atoms with Crippen LogP contribution in [0, 0.1) is 0 Å². The van der Waals surface area contributed by atoms with E-state index in [1.54, 1.807) is 0 Å². The van der Waals surface area contributed by atoms with Gasteiger partial charge >= 0.3 is 0 Å². The molecule has 0 aromatic heterocycles. The summed E-state index contributed by atoms with van der Waals surface area (Å²) in [4.78, 5) is 9.61. The van der Waals surface area contributed by atoms with Crippen LogP contribution in [-0.4, -0.2) is 24.5 Å². The van der Waals surface area contributed by atoms with Gasteiger partial charge in [0.05, 0.1) is 0 Å². The number of halogens is 1. The van der Waals surface area contributed by atoms with Crippen molar-refractivity contribution < 1.29 is 0 Å². The molecule has 0 heterocycles. The Morgan fingerprint density at radius 1 is 0.739 bits per heavy atom. The van der Waals surface area contributed by atoms with Crippen LogP contribution in [0.1, 0.15) is 75.3 Å². The van der Waals surface area contributed by atoms with Crippen LogP contribution in [-0.2, 0) is 0 Å². The maximum absolute atomic E-state index is 4.81. The van der Waals surface area contributed by atoms with Crippen molar-refractivity contribution in [3.63, 3.8) is 0 Å². The van der Waals surface area contributed by atoms with Gasteiger partial charge in [-0.3, -0.25) is 9.98 Å². The highest BCUT2D eigenvalue weighted by atomic mass is 79.9. The zero-order chi connectivity index (χ0) is 15.9. The van der Waals surface area contributed by atoms with E-state index in [1.165, 1.54) is 75.3 Å². The molecule has 2 saturated carbocycles. The van der Waals surface area contributed by atoms with Crippen LogP contribution in [0.2, 0.25) is 0 Å². The molecule has 0 N–H and O–H groups in total. The van der Waals surface area contributed by atoms with Crippen molar-refractivity contribution in [1.29, 1.82) is 0 Å². The summed E-state index contributed by atoms with van der Waals surface area (Å²) in [7, 11) is 0. The number of nitrogens with zero attached hydrogens (tertiary/aromatic N) is 2. The van der Waals surface area contributed by atoms with Gasteiger partial charge in [0.1, 0.15) is 0 Å². The third kappa shape index (κ3) is 5.00. The summed E-state index contributed by atoms with van der Waals surface area (Å²) in [5.41, 5.74) is 2.34. The fourth-order valence-corrected chi connectivity index (χ4v) is 4.07. The number of aliphatic imine (C=N–C) groups is 2. The predicted molar refractivity (Wildman–Crippen MR) is 103 cm³/mol. The Labute approximate surface area is 148 Å². The third-order valence-corrected chi connectivity index (χ3v) is 5.97. The molecule has 3 heteroatoms. The first-order valence-corrected chi connectivity index (χ1v) is 9.97. The summed E-state index contributed by atoms with van der Waals surface area (Å²) in [6, 6.07) is 7.42. The zero-order valence-electron chi connectivity index (χ0n) is 13.9. The average Bonchev–Trinajstić information content (AvgIpc) is 2.61. The van der Waals surface area contributed by atoms with Crippen LogP contribution in [0.5, 0.6) is 0 Å². The summed E-state index contributed by atoms with van der Waals surface area (Å²) in [6.07, 6.45) is 17.2. The van der Waals surface area contributed by atoms with Gasteiger partial charge in [-0.1, -0.05) is 56.7 Å². The molecule has 2 nitrogen and oxygen atoms in total. The normalized spacial score (nSPS) is 21.4. The van der Waals surface area contributed by atoms with Gasteiger partial charge in [0.2, 0.25) is 0 Å². The fourth-order valence-electron chi connectivity index (χ4n) is 3.60. The molecule has 0 aliphatic heterocycles. The summed E-state index contributed by atoms with van der Waals surface area (Å²) < 4.78 is 1.12. The van der Waals surface area contributed by atoms with E-state index in [0.29, 0.717) is 12.1 Å². The van der Waals surface area contributed by atoms with E-state index < -0.39 is 0 Å². The molecule has 0 atom stereocenters. The SMILES string of the molecule is Brc1c(C=NC2CCCCC2)cccc1C=NC1CCCCC1. The van der Waals surface area contributed by atoms with Gasteiger partial charge in [-0.05, 0) is 41.6 Å². The monoisotopic (exact) mass is 374 g/mol. The van der Waals surface area contributed by atoms with Crippen molar-refractivity contribution in [1.82, 2.24) is 0 Å². The summed E-state index contributed by atoms with van der Waals surface area (Å²) in [6.45, 7) is 0. The summed E-state index contributed by atoms with van der Waals surface area (Å²) >= 11 is 3.75. The molecule has 2 aliphatic rings. The highest BCUT2D eigenvalue weighted by Gasteiger charge is 2.12. The second-order valence-corrected chi connectivity index (χ2v) is 7.68. The maximum atomic E-state index is 4.81. The van der Waals surface area contributed by atoms with Crippen molar-refractivity contribution in [2.24, 2.45) is 9.98 Å². The predicted octanol–water partition coefficient (Wildman–Crippen LogP) is 5.95. The molecule has 3 rings (SSSR count). The average molecular weight is 375 g/mol. The summed E-state index contributed by atoms with van der Waals surface area (Å²) in [5.74, 6) is 0. The van der Waals surface area contributed by atoms with Crippen molar-refractivity contribution in [3.8, 4) is 0 Å². The Bertz CT molecular complexity index is 507. The highest BCUT2D eigenvalue weighted by molar-refractivity contribution is 9.10. The number of hydrogen-bond acceptors (Lipinski definition) is 2. The summed E-state index contributed by atoms with van der Waals surface area (Å²) in [5, 5.41) is 0. The van der Waals surface area contributed by atoms with Crippen molar-refractivity contribution >= 4 is 28.4 Å². The zero-order valence-corrected chi connectivity index (χ0v) is 15.5. The van der Waals surface area contributed by atoms with Crippen LogP contribution < -0.4 is 0 Å². The van der Waals surface area contributed by atoms with Gasteiger partial charge in [-0.2, -0.15) is 0 Å². The van der Waals surface area contributed by atoms with E-state index >= 15 is 0 Å². The van der Waals surface area contributed by atoms with Gasteiger partial charge < -0.3 is 0 Å². The first-order valence-electron chi connectivity index (χ1n) is 9.18. The Balaban J connectivity index is 1.67. The first kappa shape index (κ1) is 16.9. The van der Waals surface area contributed by atoms with Crippen LogP contribution in [0.15, 0.2) is 32.7 Å². The van der Waals surface area contributed by atoms with Gasteiger partial charge in [0.15, 0.2) is 0 Å². The molecule has 0 radical (unpaired) electrons. The molecular weight excluding hydrogens is 348 g/mol. The molecule has 2 aliphatic carbocycles. The smallest absolute Gasteiger partial charge is 0.0499 e. The molecule has 0 spiro atoms. The van der Waals surface area contributed by atoms with Crippen LogP contribution in [0.4, 0.5) is 0 Å². The maximum Gasteiger partial charge on any atom is 0.0499 e.